The van der Waals surface area contributed by atoms with Crippen LogP contribution >= 0.6 is 0 Å². The SMILES string of the molecule is OCc1cnc(-c2ccc(O)c(C(F)(F)F)c2)[nH]1. The van der Waals surface area contributed by atoms with Crippen molar-refractivity contribution in [2.75, 3.05) is 0 Å². The smallest absolute Gasteiger partial charge is 0.419 e. The van der Waals surface area contributed by atoms with Crippen LogP contribution in [0.15, 0.2) is 24.4 Å². The van der Waals surface area contributed by atoms with E-state index in [1.165, 1.54) is 12.3 Å². The number of nitrogens with zero attached hydrogens (tertiary/aromatic N) is 1. The second-order valence-corrected chi connectivity index (χ2v) is 3.64. The molecule has 0 fully saturated rings. The molecule has 3 N–H and O–H groups in total. The van der Waals surface area contributed by atoms with Crippen LogP contribution in [-0.2, 0) is 12.8 Å². The van der Waals surface area contributed by atoms with Gasteiger partial charge in [-0.25, -0.2) is 4.98 Å². The summed E-state index contributed by atoms with van der Waals surface area (Å²) in [7, 11) is 0. The molecule has 1 aromatic heterocycles. The molecule has 0 aliphatic rings. The van der Waals surface area contributed by atoms with Gasteiger partial charge < -0.3 is 15.2 Å². The summed E-state index contributed by atoms with van der Waals surface area (Å²) in [5.41, 5.74) is -0.548. The number of benzene rings is 1. The Morgan fingerprint density at radius 2 is 2.00 bits per heavy atom. The Morgan fingerprint density at radius 3 is 2.56 bits per heavy atom. The molecule has 96 valence electrons. The molecule has 0 unspecified atom stereocenters. The molecule has 0 aliphatic heterocycles. The van der Waals surface area contributed by atoms with Gasteiger partial charge in [-0.15, -0.1) is 0 Å². The van der Waals surface area contributed by atoms with Gasteiger partial charge in [0.25, 0.3) is 0 Å². The number of hydrogen-bond acceptors (Lipinski definition) is 3. The van der Waals surface area contributed by atoms with E-state index in [2.05, 4.69) is 9.97 Å². The van der Waals surface area contributed by atoms with Crippen LogP contribution in [0.3, 0.4) is 0 Å². The molecule has 0 aliphatic carbocycles. The topological polar surface area (TPSA) is 69.1 Å². The Hall–Kier alpha value is -2.02. The van der Waals surface area contributed by atoms with Gasteiger partial charge in [-0.2, -0.15) is 13.2 Å². The number of nitrogens with one attached hydrogen (secondary N) is 1. The summed E-state index contributed by atoms with van der Waals surface area (Å²) in [6.45, 7) is -0.281. The zero-order valence-electron chi connectivity index (χ0n) is 8.99. The van der Waals surface area contributed by atoms with Gasteiger partial charge in [-0.3, -0.25) is 0 Å². The van der Waals surface area contributed by atoms with Crippen molar-refractivity contribution in [3.8, 4) is 17.1 Å². The van der Waals surface area contributed by atoms with E-state index < -0.39 is 17.5 Å². The van der Waals surface area contributed by atoms with Crippen molar-refractivity contribution in [3.63, 3.8) is 0 Å². The van der Waals surface area contributed by atoms with Crippen molar-refractivity contribution in [3.05, 3.63) is 35.7 Å². The molecule has 0 atom stereocenters. The van der Waals surface area contributed by atoms with Crippen LogP contribution in [0, 0.1) is 0 Å². The lowest BCUT2D eigenvalue weighted by Crippen LogP contribution is -2.05. The third-order valence-corrected chi connectivity index (χ3v) is 2.37. The van der Waals surface area contributed by atoms with Gasteiger partial charge in [0, 0.05) is 5.56 Å². The van der Waals surface area contributed by atoms with Gasteiger partial charge in [-0.1, -0.05) is 0 Å². The van der Waals surface area contributed by atoms with Crippen molar-refractivity contribution >= 4 is 0 Å². The lowest BCUT2D eigenvalue weighted by atomic mass is 10.1. The molecule has 0 spiro atoms. The predicted octanol–water partition coefficient (Wildman–Crippen LogP) is 2.29. The summed E-state index contributed by atoms with van der Waals surface area (Å²) < 4.78 is 37.8. The summed E-state index contributed by atoms with van der Waals surface area (Å²) in [4.78, 5) is 6.51. The highest BCUT2D eigenvalue weighted by Crippen LogP contribution is 2.37. The Labute approximate surface area is 99.7 Å². The Kier molecular flexibility index (Phi) is 3.00. The number of aromatic hydroxyl groups is 1. The Balaban J connectivity index is 2.47. The molecule has 2 aromatic rings. The lowest BCUT2D eigenvalue weighted by Gasteiger charge is -2.09. The number of phenols is 1. The molecule has 1 heterocycles. The maximum atomic E-state index is 12.6. The minimum Gasteiger partial charge on any atom is -0.507 e. The normalized spacial score (nSPS) is 11.8. The molecule has 4 nitrogen and oxygen atoms in total. The number of aliphatic hydroxyl groups is 1. The first-order valence-electron chi connectivity index (χ1n) is 4.97. The fourth-order valence-corrected chi connectivity index (χ4v) is 1.50. The minimum atomic E-state index is -4.63. The summed E-state index contributed by atoms with van der Waals surface area (Å²) in [5, 5.41) is 18.0. The van der Waals surface area contributed by atoms with E-state index in [-0.39, 0.29) is 18.0 Å². The van der Waals surface area contributed by atoms with Gasteiger partial charge in [0.2, 0.25) is 0 Å². The quantitative estimate of drug-likeness (QED) is 0.774. The zero-order valence-corrected chi connectivity index (χ0v) is 8.99. The predicted molar refractivity (Wildman–Crippen MR) is 56.6 cm³/mol. The van der Waals surface area contributed by atoms with E-state index in [0.717, 1.165) is 12.1 Å². The lowest BCUT2D eigenvalue weighted by molar-refractivity contribution is -0.138. The Morgan fingerprint density at radius 1 is 1.28 bits per heavy atom. The number of aromatic amines is 1. The molecular weight excluding hydrogens is 249 g/mol. The van der Waals surface area contributed by atoms with E-state index in [9.17, 15) is 18.3 Å². The number of imidazole rings is 1. The highest BCUT2D eigenvalue weighted by molar-refractivity contribution is 5.59. The van der Waals surface area contributed by atoms with Crippen molar-refractivity contribution in [2.45, 2.75) is 12.8 Å². The number of aliphatic hydroxyl groups excluding tert-OH is 1. The maximum Gasteiger partial charge on any atom is 0.419 e. The van der Waals surface area contributed by atoms with Crippen LogP contribution in [0.5, 0.6) is 5.75 Å². The summed E-state index contributed by atoms with van der Waals surface area (Å²) in [6.07, 6.45) is -3.30. The maximum absolute atomic E-state index is 12.6. The highest BCUT2D eigenvalue weighted by Gasteiger charge is 2.34. The molecule has 0 saturated heterocycles. The molecule has 0 saturated carbocycles. The number of rotatable bonds is 2. The first kappa shape index (κ1) is 12.4. The zero-order chi connectivity index (χ0) is 13.3. The molecule has 7 heteroatoms. The fraction of sp³-hybridized carbons (Fsp3) is 0.182. The average molecular weight is 258 g/mol. The molecular formula is C11H9F3N2O2. The van der Waals surface area contributed by atoms with Crippen molar-refractivity contribution in [2.24, 2.45) is 0 Å². The number of halogens is 3. The number of H-pyrrole nitrogens is 1. The third kappa shape index (κ3) is 2.30. The van der Waals surface area contributed by atoms with Crippen LogP contribution in [0.4, 0.5) is 13.2 Å². The van der Waals surface area contributed by atoms with Gasteiger partial charge in [0.15, 0.2) is 0 Å². The summed E-state index contributed by atoms with van der Waals surface area (Å²) >= 11 is 0. The van der Waals surface area contributed by atoms with Crippen LogP contribution in [0.2, 0.25) is 0 Å². The number of alkyl halides is 3. The van der Waals surface area contributed by atoms with E-state index in [1.54, 1.807) is 0 Å². The number of phenolic OH excluding ortho intramolecular Hbond substituents is 1. The monoisotopic (exact) mass is 258 g/mol. The van der Waals surface area contributed by atoms with E-state index >= 15 is 0 Å². The van der Waals surface area contributed by atoms with E-state index in [0.29, 0.717) is 5.69 Å². The first-order valence-corrected chi connectivity index (χ1v) is 4.97. The van der Waals surface area contributed by atoms with E-state index in [1.807, 2.05) is 0 Å². The van der Waals surface area contributed by atoms with Crippen LogP contribution in [0.1, 0.15) is 11.3 Å². The van der Waals surface area contributed by atoms with Crippen molar-refractivity contribution in [1.82, 2.24) is 9.97 Å². The molecule has 1 aromatic carbocycles. The van der Waals surface area contributed by atoms with Gasteiger partial charge in [0.05, 0.1) is 24.1 Å². The molecule has 0 amide bonds. The van der Waals surface area contributed by atoms with Gasteiger partial charge in [0.1, 0.15) is 11.6 Å². The van der Waals surface area contributed by atoms with Gasteiger partial charge >= 0.3 is 6.18 Å². The average Bonchev–Trinajstić information content (AvgIpc) is 2.76. The van der Waals surface area contributed by atoms with Crippen molar-refractivity contribution in [1.29, 1.82) is 0 Å². The summed E-state index contributed by atoms with van der Waals surface area (Å²) in [5.74, 6) is -0.635. The standard InChI is InChI=1S/C11H9F3N2O2/c12-11(13,14)8-3-6(1-2-9(8)18)10-15-4-7(5-17)16-10/h1-4,17-18H,5H2,(H,15,16). The van der Waals surface area contributed by atoms with Crippen LogP contribution in [0.25, 0.3) is 11.4 Å². The highest BCUT2D eigenvalue weighted by atomic mass is 19.4. The van der Waals surface area contributed by atoms with Gasteiger partial charge in [-0.05, 0) is 18.2 Å². The van der Waals surface area contributed by atoms with E-state index in [4.69, 9.17) is 5.11 Å². The molecule has 2 rings (SSSR count). The molecule has 0 bridgehead atoms. The number of hydrogen-bond donors (Lipinski definition) is 3. The summed E-state index contributed by atoms with van der Waals surface area (Å²) in [6, 6.07) is 3.07. The minimum absolute atomic E-state index is 0.180. The van der Waals surface area contributed by atoms with Crippen molar-refractivity contribution < 1.29 is 23.4 Å². The molecule has 18 heavy (non-hydrogen) atoms. The second-order valence-electron chi connectivity index (χ2n) is 3.64. The molecule has 0 radical (unpaired) electrons. The largest absolute Gasteiger partial charge is 0.507 e. The Bertz CT molecular complexity index is 564. The second kappa shape index (κ2) is 4.34. The van der Waals surface area contributed by atoms with Crippen LogP contribution < -0.4 is 0 Å². The first-order chi connectivity index (χ1) is 8.41. The third-order valence-electron chi connectivity index (χ3n) is 2.37. The fourth-order valence-electron chi connectivity index (χ4n) is 1.50. The number of aromatic nitrogens is 2. The van der Waals surface area contributed by atoms with Crippen LogP contribution in [-0.4, -0.2) is 20.2 Å².